The van der Waals surface area contributed by atoms with Gasteiger partial charge in [-0.25, -0.2) is 9.37 Å². The van der Waals surface area contributed by atoms with Crippen LogP contribution in [0.5, 0.6) is 0 Å². The van der Waals surface area contributed by atoms with Crippen LogP contribution in [0.2, 0.25) is 5.02 Å². The SMILES string of the molecule is C[C@@]1(N2CCN(c3cc4cc(NC(=O)C5CC(C#N)C5)ncc4cc3Cl)CC2)COC[C@@H]1F. The number of halogens is 2. The lowest BCUT2D eigenvalue weighted by Gasteiger charge is -2.44. The molecule has 1 aromatic carbocycles. The smallest absolute Gasteiger partial charge is 0.228 e. The zero-order valence-electron chi connectivity index (χ0n) is 18.6. The first-order chi connectivity index (χ1) is 15.9. The van der Waals surface area contributed by atoms with Crippen molar-refractivity contribution < 1.29 is 13.9 Å². The van der Waals surface area contributed by atoms with Crippen LogP contribution in [0.25, 0.3) is 10.8 Å². The maximum Gasteiger partial charge on any atom is 0.228 e. The molecule has 9 heteroatoms. The molecule has 1 N–H and O–H groups in total. The molecule has 3 fully saturated rings. The molecule has 3 aliphatic rings. The molecular weight excluding hydrogens is 445 g/mol. The monoisotopic (exact) mass is 471 g/mol. The number of carbonyl (C=O) groups is 1. The molecule has 2 atom stereocenters. The van der Waals surface area contributed by atoms with Crippen LogP contribution < -0.4 is 10.2 Å². The van der Waals surface area contributed by atoms with Crippen molar-refractivity contribution in [3.05, 3.63) is 29.4 Å². The maximum absolute atomic E-state index is 14.4. The largest absolute Gasteiger partial charge is 0.376 e. The first-order valence-corrected chi connectivity index (χ1v) is 11.8. The van der Waals surface area contributed by atoms with Gasteiger partial charge in [0, 0.05) is 49.6 Å². The van der Waals surface area contributed by atoms with Gasteiger partial charge in [-0.15, -0.1) is 0 Å². The van der Waals surface area contributed by atoms with Crippen LogP contribution in [-0.4, -0.2) is 66.9 Å². The number of carbonyl (C=O) groups excluding carboxylic acids is 1. The Morgan fingerprint density at radius 2 is 2.03 bits per heavy atom. The van der Waals surface area contributed by atoms with Gasteiger partial charge in [0.25, 0.3) is 0 Å². The first kappa shape index (κ1) is 22.3. The summed E-state index contributed by atoms with van der Waals surface area (Å²) in [6.45, 7) is 5.48. The zero-order valence-corrected chi connectivity index (χ0v) is 19.3. The summed E-state index contributed by atoms with van der Waals surface area (Å²) in [7, 11) is 0. The van der Waals surface area contributed by atoms with Gasteiger partial charge in [-0.2, -0.15) is 5.26 Å². The molecule has 5 rings (SSSR count). The molecular formula is C24H27ClFN5O2. The summed E-state index contributed by atoms with van der Waals surface area (Å²) in [5, 5.41) is 14.3. The summed E-state index contributed by atoms with van der Waals surface area (Å²) in [5.74, 6) is 0.263. The topological polar surface area (TPSA) is 81.5 Å². The number of ether oxygens (including phenoxy) is 1. The number of nitrogens with zero attached hydrogens (tertiary/aromatic N) is 4. The molecule has 1 aliphatic carbocycles. The molecule has 0 bridgehead atoms. The van der Waals surface area contributed by atoms with Crippen LogP contribution in [-0.2, 0) is 9.53 Å². The summed E-state index contributed by atoms with van der Waals surface area (Å²) < 4.78 is 19.8. The molecule has 0 spiro atoms. The van der Waals surface area contributed by atoms with Crippen LogP contribution >= 0.6 is 11.6 Å². The zero-order chi connectivity index (χ0) is 23.2. The van der Waals surface area contributed by atoms with Gasteiger partial charge in [-0.1, -0.05) is 11.6 Å². The summed E-state index contributed by atoms with van der Waals surface area (Å²) in [4.78, 5) is 21.2. The lowest BCUT2D eigenvalue weighted by molar-refractivity contribution is -0.123. The number of nitrogens with one attached hydrogen (secondary N) is 1. The Kier molecular flexibility index (Phi) is 5.89. The van der Waals surface area contributed by atoms with E-state index in [4.69, 9.17) is 21.6 Å². The third-order valence-electron chi connectivity index (χ3n) is 7.41. The second kappa shape index (κ2) is 8.71. The Bertz CT molecular complexity index is 1110. The Hall–Kier alpha value is -2.47. The summed E-state index contributed by atoms with van der Waals surface area (Å²) in [6.07, 6.45) is 1.95. The Labute approximate surface area is 197 Å². The third kappa shape index (κ3) is 4.14. The predicted octanol–water partition coefficient (Wildman–Crippen LogP) is 3.63. The summed E-state index contributed by atoms with van der Waals surface area (Å²) >= 11 is 6.61. The number of benzene rings is 1. The van der Waals surface area contributed by atoms with E-state index in [0.717, 1.165) is 42.6 Å². The number of rotatable bonds is 4. The highest BCUT2D eigenvalue weighted by Crippen LogP contribution is 2.36. The maximum atomic E-state index is 14.4. The fraction of sp³-hybridized carbons (Fsp3) is 0.542. The Morgan fingerprint density at radius 3 is 2.70 bits per heavy atom. The minimum absolute atomic E-state index is 0.0185. The van der Waals surface area contributed by atoms with Crippen molar-refractivity contribution >= 4 is 39.8 Å². The van der Waals surface area contributed by atoms with Crippen LogP contribution in [0.4, 0.5) is 15.9 Å². The van der Waals surface area contributed by atoms with Gasteiger partial charge in [0.15, 0.2) is 0 Å². The molecule has 2 aromatic rings. The quantitative estimate of drug-likeness (QED) is 0.733. The molecule has 0 radical (unpaired) electrons. The number of anilines is 2. The number of hydrogen-bond donors (Lipinski definition) is 1. The number of alkyl halides is 1. The van der Waals surface area contributed by atoms with Gasteiger partial charge in [-0.3, -0.25) is 9.69 Å². The van der Waals surface area contributed by atoms with Crippen molar-refractivity contribution in [3.8, 4) is 6.07 Å². The molecule has 0 unspecified atom stereocenters. The van der Waals surface area contributed by atoms with Crippen LogP contribution in [0.15, 0.2) is 24.4 Å². The van der Waals surface area contributed by atoms with E-state index in [9.17, 15) is 9.18 Å². The first-order valence-electron chi connectivity index (χ1n) is 11.4. The minimum atomic E-state index is -0.972. The number of hydrogen-bond acceptors (Lipinski definition) is 6. The van der Waals surface area contributed by atoms with E-state index in [2.05, 4.69) is 26.2 Å². The predicted molar refractivity (Wildman–Crippen MR) is 125 cm³/mol. The van der Waals surface area contributed by atoms with E-state index in [1.54, 1.807) is 6.20 Å². The van der Waals surface area contributed by atoms with E-state index < -0.39 is 11.7 Å². The highest BCUT2D eigenvalue weighted by Gasteiger charge is 2.46. The number of aromatic nitrogens is 1. The second-order valence-electron chi connectivity index (χ2n) is 9.52. The average Bonchev–Trinajstić information content (AvgIpc) is 3.12. The van der Waals surface area contributed by atoms with Gasteiger partial charge in [0.05, 0.1) is 35.5 Å². The summed E-state index contributed by atoms with van der Waals surface area (Å²) in [5.41, 5.74) is 0.360. The average molecular weight is 472 g/mol. The van der Waals surface area contributed by atoms with E-state index in [-0.39, 0.29) is 24.3 Å². The van der Waals surface area contributed by atoms with E-state index >= 15 is 0 Å². The number of piperazine rings is 1. The highest BCUT2D eigenvalue weighted by molar-refractivity contribution is 6.34. The Balaban J connectivity index is 1.29. The normalized spacial score (nSPS) is 30.1. The van der Waals surface area contributed by atoms with E-state index in [1.807, 2.05) is 25.1 Å². The van der Waals surface area contributed by atoms with Gasteiger partial charge in [0.1, 0.15) is 12.0 Å². The van der Waals surface area contributed by atoms with Crippen LogP contribution in [0.1, 0.15) is 19.8 Å². The second-order valence-corrected chi connectivity index (χ2v) is 9.93. The fourth-order valence-corrected chi connectivity index (χ4v) is 5.31. The molecule has 2 aliphatic heterocycles. The number of fused-ring (bicyclic) bond motifs is 1. The highest BCUT2D eigenvalue weighted by atomic mass is 35.5. The minimum Gasteiger partial charge on any atom is -0.376 e. The van der Waals surface area contributed by atoms with Crippen LogP contribution in [0.3, 0.4) is 0 Å². The molecule has 1 amide bonds. The molecule has 174 valence electrons. The van der Waals surface area contributed by atoms with Crippen molar-refractivity contribution in [2.24, 2.45) is 11.8 Å². The third-order valence-corrected chi connectivity index (χ3v) is 7.71. The lowest BCUT2D eigenvalue weighted by atomic mass is 9.75. The Morgan fingerprint density at radius 1 is 1.27 bits per heavy atom. The molecule has 3 heterocycles. The van der Waals surface area contributed by atoms with Crippen molar-refractivity contribution in [1.82, 2.24) is 9.88 Å². The standard InChI is InChI=1S/C24H27ClFN5O2/c1-24(14-33-13-21(24)26)31-4-2-30(3-5-31)20-9-16-10-22(28-12-18(16)8-19(20)25)29-23(32)17-6-15(7-17)11-27/h8-10,12,15,17,21H,2-7,13-14H2,1H3,(H,28,29,32)/t15?,17?,21-,24+/m0/s1. The number of nitriles is 1. The van der Waals surface area contributed by atoms with Gasteiger partial charge in [0.2, 0.25) is 5.91 Å². The van der Waals surface area contributed by atoms with Gasteiger partial charge in [-0.05, 0) is 43.4 Å². The van der Waals surface area contributed by atoms with E-state index in [1.165, 1.54) is 0 Å². The van der Waals surface area contributed by atoms with Crippen molar-refractivity contribution in [1.29, 1.82) is 5.26 Å². The van der Waals surface area contributed by atoms with Gasteiger partial charge < -0.3 is 15.0 Å². The van der Waals surface area contributed by atoms with Crippen LogP contribution in [0, 0.1) is 23.2 Å². The van der Waals surface area contributed by atoms with Crippen molar-refractivity contribution in [3.63, 3.8) is 0 Å². The van der Waals surface area contributed by atoms with Gasteiger partial charge >= 0.3 is 0 Å². The molecule has 1 aromatic heterocycles. The molecule has 2 saturated heterocycles. The molecule has 7 nitrogen and oxygen atoms in total. The van der Waals surface area contributed by atoms with Crippen molar-refractivity contribution in [2.45, 2.75) is 31.5 Å². The van der Waals surface area contributed by atoms with Crippen molar-refractivity contribution in [2.75, 3.05) is 49.6 Å². The number of pyridine rings is 1. The molecule has 1 saturated carbocycles. The lowest BCUT2D eigenvalue weighted by Crippen LogP contribution is -2.59. The number of amides is 1. The fourth-order valence-electron chi connectivity index (χ4n) is 5.02. The van der Waals surface area contributed by atoms with E-state index in [0.29, 0.717) is 30.3 Å². The summed E-state index contributed by atoms with van der Waals surface area (Å²) in [6, 6.07) is 7.97. The molecule has 33 heavy (non-hydrogen) atoms.